The van der Waals surface area contributed by atoms with Gasteiger partial charge in [-0.1, -0.05) is 90.4 Å². The van der Waals surface area contributed by atoms with E-state index in [-0.39, 0.29) is 28.3 Å². The molecule has 0 N–H and O–H groups in total. The average molecular weight is 575 g/mol. The van der Waals surface area contributed by atoms with Gasteiger partial charge in [0.15, 0.2) is 0 Å². The van der Waals surface area contributed by atoms with E-state index in [1.54, 1.807) is 6.92 Å². The van der Waals surface area contributed by atoms with Crippen molar-refractivity contribution in [1.82, 2.24) is 0 Å². The van der Waals surface area contributed by atoms with E-state index in [2.05, 4.69) is 84.9 Å². The molecule has 1 aromatic rings. The van der Waals surface area contributed by atoms with Gasteiger partial charge in [0.2, 0.25) is 0 Å². The maximum atomic E-state index is 12.1. The highest BCUT2D eigenvalue weighted by Crippen LogP contribution is 2.75. The van der Waals surface area contributed by atoms with Crippen molar-refractivity contribution in [2.75, 3.05) is 6.61 Å². The summed E-state index contributed by atoms with van der Waals surface area (Å²) in [5.74, 6) is 1.67. The lowest BCUT2D eigenvalue weighted by molar-refractivity contribution is -0.229. The van der Waals surface area contributed by atoms with Crippen LogP contribution in [-0.4, -0.2) is 18.7 Å². The molecule has 5 aliphatic rings. The summed E-state index contributed by atoms with van der Waals surface area (Å²) in [5.41, 5.74) is 4.55. The van der Waals surface area contributed by atoms with Crippen LogP contribution in [0.3, 0.4) is 0 Å². The van der Waals surface area contributed by atoms with Gasteiger partial charge >= 0.3 is 5.97 Å². The third-order valence-electron chi connectivity index (χ3n) is 14.7. The molecule has 5 aliphatic carbocycles. The molecule has 0 heterocycles. The van der Waals surface area contributed by atoms with Crippen molar-refractivity contribution >= 4 is 5.97 Å². The molecule has 0 spiro atoms. The Kier molecular flexibility index (Phi) is 7.40. The maximum absolute atomic E-state index is 12.1. The highest BCUT2D eigenvalue weighted by atomic mass is 16.5. The molecule has 232 valence electrons. The smallest absolute Gasteiger partial charge is 0.302 e. The second-order valence-electron chi connectivity index (χ2n) is 17.5. The summed E-state index contributed by atoms with van der Waals surface area (Å²) >= 11 is 0. The Morgan fingerprint density at radius 2 is 1.57 bits per heavy atom. The Hall–Kier alpha value is -1.61. The molecule has 42 heavy (non-hydrogen) atoms. The number of rotatable bonds is 5. The molecule has 0 saturated heterocycles. The Balaban J connectivity index is 1.33. The molecule has 1 unspecified atom stereocenters. The number of allylic oxidation sites excluding steroid dienone is 2. The van der Waals surface area contributed by atoms with Crippen LogP contribution in [0, 0.1) is 50.2 Å². The molecule has 3 nitrogen and oxygen atoms in total. The van der Waals surface area contributed by atoms with Crippen molar-refractivity contribution in [3.05, 3.63) is 47.5 Å². The standard InChI is InChI=1S/C39H58O3/c1-27(40)42-26-37(6)31-16-19-39(8)32(36(31,5)18-17-33(37)41-25-28-12-10-9-11-13-28)15-14-29-30-24-34(2,3)20-21-35(30,4)22-23-38(29,39)7/h9-14,30-33H,15-26H2,1-8H3/t30-,31?,32-,33+,35-,36+,37+,38-,39-/m1/s1. The first-order valence-electron chi connectivity index (χ1n) is 17.2. The van der Waals surface area contributed by atoms with Gasteiger partial charge in [0.25, 0.3) is 0 Å². The largest absolute Gasteiger partial charge is 0.465 e. The summed E-state index contributed by atoms with van der Waals surface area (Å²) < 4.78 is 12.7. The minimum absolute atomic E-state index is 0.0876. The number of carbonyl (C=O) groups excluding carboxylic acids is 1. The molecule has 0 bridgehead atoms. The van der Waals surface area contributed by atoms with Crippen molar-refractivity contribution in [3.63, 3.8) is 0 Å². The fraction of sp³-hybridized carbons (Fsp3) is 0.769. The molecule has 9 atom stereocenters. The van der Waals surface area contributed by atoms with E-state index in [1.165, 1.54) is 63.4 Å². The molecule has 1 aromatic carbocycles. The Bertz CT molecular complexity index is 1220. The molecular formula is C39H58O3. The van der Waals surface area contributed by atoms with Crippen LogP contribution >= 0.6 is 0 Å². The summed E-state index contributed by atoms with van der Waals surface area (Å²) in [6.45, 7) is 20.7. The normalized spacial score (nSPS) is 45.9. The third kappa shape index (κ3) is 4.57. The minimum Gasteiger partial charge on any atom is -0.465 e. The quantitative estimate of drug-likeness (QED) is 0.259. The molecule has 0 aromatic heterocycles. The molecule has 6 rings (SSSR count). The van der Waals surface area contributed by atoms with Gasteiger partial charge in [0.05, 0.1) is 19.3 Å². The lowest BCUT2D eigenvalue weighted by Crippen LogP contribution is -2.65. The van der Waals surface area contributed by atoms with Crippen molar-refractivity contribution in [2.45, 2.75) is 132 Å². The zero-order valence-corrected chi connectivity index (χ0v) is 28.0. The highest BCUT2D eigenvalue weighted by molar-refractivity contribution is 5.65. The van der Waals surface area contributed by atoms with E-state index in [0.717, 1.165) is 12.3 Å². The number of carbonyl (C=O) groups is 1. The number of fused-ring (bicyclic) bond motifs is 7. The predicted octanol–water partition coefficient (Wildman–Crippen LogP) is 9.94. The molecule has 4 fully saturated rings. The van der Waals surface area contributed by atoms with Gasteiger partial charge in [0, 0.05) is 12.3 Å². The number of ether oxygens (including phenoxy) is 2. The first kappa shape index (κ1) is 30.4. The minimum atomic E-state index is -0.196. The van der Waals surface area contributed by atoms with E-state index < -0.39 is 0 Å². The average Bonchev–Trinajstić information content (AvgIpc) is 2.93. The lowest BCUT2D eigenvalue weighted by atomic mass is 9.33. The van der Waals surface area contributed by atoms with Crippen LogP contribution in [0.25, 0.3) is 0 Å². The molecule has 0 radical (unpaired) electrons. The van der Waals surface area contributed by atoms with E-state index in [0.29, 0.717) is 41.3 Å². The van der Waals surface area contributed by atoms with Crippen molar-refractivity contribution in [1.29, 1.82) is 0 Å². The predicted molar refractivity (Wildman–Crippen MR) is 171 cm³/mol. The zero-order chi connectivity index (χ0) is 30.2. The van der Waals surface area contributed by atoms with Gasteiger partial charge in [-0.05, 0) is 115 Å². The Morgan fingerprint density at radius 3 is 2.29 bits per heavy atom. The van der Waals surface area contributed by atoms with E-state index in [4.69, 9.17) is 9.47 Å². The summed E-state index contributed by atoms with van der Waals surface area (Å²) in [6, 6.07) is 10.5. The van der Waals surface area contributed by atoms with Crippen LogP contribution in [0.5, 0.6) is 0 Å². The first-order valence-corrected chi connectivity index (χ1v) is 17.2. The van der Waals surface area contributed by atoms with E-state index in [1.807, 2.05) is 5.57 Å². The van der Waals surface area contributed by atoms with E-state index in [9.17, 15) is 4.79 Å². The maximum Gasteiger partial charge on any atom is 0.302 e. The second kappa shape index (κ2) is 10.2. The molecule has 0 aliphatic heterocycles. The number of hydrogen-bond acceptors (Lipinski definition) is 3. The van der Waals surface area contributed by atoms with Crippen LogP contribution < -0.4 is 0 Å². The summed E-state index contributed by atoms with van der Waals surface area (Å²) in [7, 11) is 0. The van der Waals surface area contributed by atoms with Gasteiger partial charge in [-0.3, -0.25) is 4.79 Å². The van der Waals surface area contributed by atoms with Crippen LogP contribution in [-0.2, 0) is 20.9 Å². The molecule has 3 heteroatoms. The Morgan fingerprint density at radius 1 is 0.857 bits per heavy atom. The van der Waals surface area contributed by atoms with Crippen molar-refractivity contribution < 1.29 is 14.3 Å². The van der Waals surface area contributed by atoms with Gasteiger partial charge < -0.3 is 9.47 Å². The van der Waals surface area contributed by atoms with E-state index >= 15 is 0 Å². The molecular weight excluding hydrogens is 516 g/mol. The third-order valence-corrected chi connectivity index (χ3v) is 14.7. The summed E-state index contributed by atoms with van der Waals surface area (Å²) in [6.07, 6.45) is 15.6. The number of esters is 1. The van der Waals surface area contributed by atoms with Crippen LogP contribution in [0.2, 0.25) is 0 Å². The topological polar surface area (TPSA) is 35.5 Å². The SMILES string of the molecule is CC(=O)OC[C@@]1(C)C2CC[C@]3(C)[C@H](CC=C4[C@H]5CC(C)(C)CC[C@]5(C)CC[C@]43C)[C@@]2(C)CC[C@@H]1OCc1ccccc1. The van der Waals surface area contributed by atoms with Crippen LogP contribution in [0.4, 0.5) is 0 Å². The van der Waals surface area contributed by atoms with Gasteiger partial charge in [-0.25, -0.2) is 0 Å². The zero-order valence-electron chi connectivity index (χ0n) is 28.0. The van der Waals surface area contributed by atoms with Crippen molar-refractivity contribution in [2.24, 2.45) is 50.2 Å². The summed E-state index contributed by atoms with van der Waals surface area (Å²) in [4.78, 5) is 12.1. The van der Waals surface area contributed by atoms with Crippen LogP contribution in [0.1, 0.15) is 125 Å². The highest BCUT2D eigenvalue weighted by Gasteiger charge is 2.68. The summed E-state index contributed by atoms with van der Waals surface area (Å²) in [5, 5.41) is 0. The van der Waals surface area contributed by atoms with Gasteiger partial charge in [-0.2, -0.15) is 0 Å². The Labute approximate surface area is 256 Å². The van der Waals surface area contributed by atoms with Crippen LogP contribution in [0.15, 0.2) is 42.0 Å². The fourth-order valence-corrected chi connectivity index (χ4v) is 11.8. The monoisotopic (exact) mass is 574 g/mol. The second-order valence-corrected chi connectivity index (χ2v) is 17.5. The molecule has 4 saturated carbocycles. The fourth-order valence-electron chi connectivity index (χ4n) is 11.8. The van der Waals surface area contributed by atoms with Crippen molar-refractivity contribution in [3.8, 4) is 0 Å². The number of hydrogen-bond donors (Lipinski definition) is 0. The molecule has 0 amide bonds. The number of benzene rings is 1. The van der Waals surface area contributed by atoms with Gasteiger partial charge in [0.1, 0.15) is 0 Å². The lowest BCUT2D eigenvalue weighted by Gasteiger charge is -2.71. The van der Waals surface area contributed by atoms with Gasteiger partial charge in [-0.15, -0.1) is 0 Å². The first-order chi connectivity index (χ1) is 19.7.